The normalized spacial score (nSPS) is 12.5. The molecular weight excluding hydrogens is 146 g/mol. The third-order valence-electron chi connectivity index (χ3n) is 1.54. The fourth-order valence-electron chi connectivity index (χ4n) is 0.877. The predicted molar refractivity (Wildman–Crippen MR) is 55.9 cm³/mol. The van der Waals surface area contributed by atoms with Crippen LogP contribution >= 0.6 is 0 Å². The Morgan fingerprint density at radius 3 is 2.33 bits per heavy atom. The average Bonchev–Trinajstić information content (AvgIpc) is 2.12. The third-order valence-corrected chi connectivity index (χ3v) is 1.54. The summed E-state index contributed by atoms with van der Waals surface area (Å²) in [4.78, 5) is 0. The van der Waals surface area contributed by atoms with Crippen molar-refractivity contribution in [3.8, 4) is 0 Å². The molecule has 66 valence electrons. The zero-order valence-electron chi connectivity index (χ0n) is 7.93. The number of allylic oxidation sites excluding steroid dienone is 5. The van der Waals surface area contributed by atoms with Crippen molar-refractivity contribution in [3.05, 3.63) is 48.7 Å². The molecule has 0 bridgehead atoms. The molecule has 0 unspecified atom stereocenters. The maximum atomic E-state index is 3.73. The third kappa shape index (κ3) is 3.24. The number of hydrogen-bond acceptors (Lipinski definition) is 1. The lowest BCUT2D eigenvalue weighted by atomic mass is 10.1. The van der Waals surface area contributed by atoms with Crippen molar-refractivity contribution in [1.29, 1.82) is 0 Å². The second-order valence-corrected chi connectivity index (χ2v) is 2.34. The van der Waals surface area contributed by atoms with Crippen molar-refractivity contribution in [2.75, 3.05) is 7.05 Å². The molecule has 0 spiro atoms. The highest BCUT2D eigenvalue weighted by molar-refractivity contribution is 5.38. The Morgan fingerprint density at radius 1 is 1.33 bits per heavy atom. The van der Waals surface area contributed by atoms with E-state index >= 15 is 0 Å². The molecule has 0 aromatic heterocycles. The average molecular weight is 163 g/mol. The van der Waals surface area contributed by atoms with Gasteiger partial charge in [-0.1, -0.05) is 38.3 Å². The minimum atomic E-state index is 1.01. The first kappa shape index (κ1) is 10.8. The van der Waals surface area contributed by atoms with Gasteiger partial charge in [0.05, 0.1) is 0 Å². The van der Waals surface area contributed by atoms with Crippen molar-refractivity contribution in [2.24, 2.45) is 0 Å². The Kier molecular flexibility index (Phi) is 5.80. The van der Waals surface area contributed by atoms with E-state index in [1.54, 1.807) is 6.08 Å². The molecule has 0 saturated carbocycles. The molecule has 0 radical (unpaired) electrons. The SMILES string of the molecule is C=CC(/C=C\CC)=C(/C=C)NC. The zero-order chi connectivity index (χ0) is 9.40. The Labute approximate surface area is 75.2 Å². The van der Waals surface area contributed by atoms with Crippen molar-refractivity contribution < 1.29 is 0 Å². The van der Waals surface area contributed by atoms with Gasteiger partial charge in [-0.3, -0.25) is 0 Å². The summed E-state index contributed by atoms with van der Waals surface area (Å²) < 4.78 is 0. The molecule has 0 aliphatic carbocycles. The van der Waals surface area contributed by atoms with Crippen LogP contribution in [-0.4, -0.2) is 7.05 Å². The molecule has 0 aromatic carbocycles. The van der Waals surface area contributed by atoms with E-state index in [1.165, 1.54) is 0 Å². The lowest BCUT2D eigenvalue weighted by molar-refractivity contribution is 1.02. The molecule has 0 saturated heterocycles. The maximum absolute atomic E-state index is 3.73. The molecule has 12 heavy (non-hydrogen) atoms. The standard InChI is InChI=1S/C11H17N/c1-5-8-9-10(6-2)11(7-3)12-4/h6-9,12H,2-3,5H2,1,4H3/b9-8-,11-10+. The largest absolute Gasteiger partial charge is 0.388 e. The zero-order valence-corrected chi connectivity index (χ0v) is 7.93. The van der Waals surface area contributed by atoms with Crippen LogP contribution in [0.15, 0.2) is 48.7 Å². The molecule has 0 heterocycles. The predicted octanol–water partition coefficient (Wildman–Crippen LogP) is 2.80. The first-order valence-electron chi connectivity index (χ1n) is 4.13. The molecular formula is C11H17N. The molecule has 0 aromatic rings. The van der Waals surface area contributed by atoms with Gasteiger partial charge in [0.15, 0.2) is 0 Å². The highest BCUT2D eigenvalue weighted by atomic mass is 14.8. The van der Waals surface area contributed by atoms with Gasteiger partial charge in [-0.2, -0.15) is 0 Å². The van der Waals surface area contributed by atoms with Gasteiger partial charge in [0.1, 0.15) is 0 Å². The van der Waals surface area contributed by atoms with Crippen LogP contribution in [0.3, 0.4) is 0 Å². The molecule has 1 heteroatoms. The quantitative estimate of drug-likeness (QED) is 0.614. The summed E-state index contributed by atoms with van der Waals surface area (Å²) in [5, 5.41) is 3.05. The molecule has 1 N–H and O–H groups in total. The van der Waals surface area contributed by atoms with Crippen molar-refractivity contribution >= 4 is 0 Å². The summed E-state index contributed by atoms with van der Waals surface area (Å²) >= 11 is 0. The smallest absolute Gasteiger partial charge is 0.0404 e. The van der Waals surface area contributed by atoms with E-state index in [1.807, 2.05) is 19.2 Å². The van der Waals surface area contributed by atoms with Gasteiger partial charge in [0.2, 0.25) is 0 Å². The molecule has 0 amide bonds. The van der Waals surface area contributed by atoms with E-state index in [9.17, 15) is 0 Å². The van der Waals surface area contributed by atoms with E-state index in [0.29, 0.717) is 0 Å². The Hall–Kier alpha value is -1.24. The van der Waals surface area contributed by atoms with Crippen molar-refractivity contribution in [3.63, 3.8) is 0 Å². The summed E-state index contributed by atoms with van der Waals surface area (Å²) in [7, 11) is 1.88. The minimum absolute atomic E-state index is 1.01. The number of hydrogen-bond donors (Lipinski definition) is 1. The number of likely N-dealkylation sites (N-methyl/N-ethyl adjacent to an activating group) is 1. The van der Waals surface area contributed by atoms with E-state index < -0.39 is 0 Å². The van der Waals surface area contributed by atoms with E-state index in [4.69, 9.17) is 0 Å². The Bertz CT molecular complexity index is 209. The summed E-state index contributed by atoms with van der Waals surface area (Å²) in [6.45, 7) is 9.54. The van der Waals surface area contributed by atoms with Gasteiger partial charge in [-0.15, -0.1) is 0 Å². The van der Waals surface area contributed by atoms with E-state index in [0.717, 1.165) is 17.7 Å². The van der Waals surface area contributed by atoms with Gasteiger partial charge < -0.3 is 5.32 Å². The van der Waals surface area contributed by atoms with Crippen LogP contribution in [0.25, 0.3) is 0 Å². The Morgan fingerprint density at radius 2 is 2.00 bits per heavy atom. The van der Waals surface area contributed by atoms with Crippen LogP contribution in [0.4, 0.5) is 0 Å². The lowest BCUT2D eigenvalue weighted by Crippen LogP contribution is -2.04. The first-order chi connectivity index (χ1) is 5.79. The fraction of sp³-hybridized carbons (Fsp3) is 0.273. The summed E-state index contributed by atoms with van der Waals surface area (Å²) in [6.07, 6.45) is 8.78. The highest BCUT2D eigenvalue weighted by Gasteiger charge is 1.91. The molecule has 0 aliphatic rings. The molecule has 0 atom stereocenters. The molecule has 0 rings (SSSR count). The minimum Gasteiger partial charge on any atom is -0.388 e. The first-order valence-corrected chi connectivity index (χ1v) is 4.13. The summed E-state index contributed by atoms with van der Waals surface area (Å²) in [5.74, 6) is 0. The maximum Gasteiger partial charge on any atom is 0.0404 e. The summed E-state index contributed by atoms with van der Waals surface area (Å²) in [6, 6.07) is 0. The molecule has 1 nitrogen and oxygen atoms in total. The van der Waals surface area contributed by atoms with Gasteiger partial charge >= 0.3 is 0 Å². The van der Waals surface area contributed by atoms with Crippen molar-refractivity contribution in [2.45, 2.75) is 13.3 Å². The van der Waals surface area contributed by atoms with Gasteiger partial charge in [0.25, 0.3) is 0 Å². The second-order valence-electron chi connectivity index (χ2n) is 2.34. The van der Waals surface area contributed by atoms with Crippen LogP contribution in [-0.2, 0) is 0 Å². The monoisotopic (exact) mass is 163 g/mol. The van der Waals surface area contributed by atoms with Gasteiger partial charge in [-0.25, -0.2) is 0 Å². The van der Waals surface area contributed by atoms with E-state index in [-0.39, 0.29) is 0 Å². The highest BCUT2D eigenvalue weighted by Crippen LogP contribution is 2.05. The van der Waals surface area contributed by atoms with Crippen LogP contribution in [0.2, 0.25) is 0 Å². The number of rotatable bonds is 5. The Balaban J connectivity index is 4.68. The second kappa shape index (κ2) is 6.47. The van der Waals surface area contributed by atoms with Crippen LogP contribution in [0.1, 0.15) is 13.3 Å². The van der Waals surface area contributed by atoms with Crippen molar-refractivity contribution in [1.82, 2.24) is 5.32 Å². The van der Waals surface area contributed by atoms with Gasteiger partial charge in [-0.05, 0) is 18.1 Å². The summed E-state index contributed by atoms with van der Waals surface area (Å²) in [5.41, 5.74) is 2.09. The topological polar surface area (TPSA) is 12.0 Å². The van der Waals surface area contributed by atoms with Crippen LogP contribution in [0.5, 0.6) is 0 Å². The molecule has 0 fully saturated rings. The van der Waals surface area contributed by atoms with E-state index in [2.05, 4.69) is 31.5 Å². The van der Waals surface area contributed by atoms with Gasteiger partial charge in [0, 0.05) is 12.7 Å². The van der Waals surface area contributed by atoms with Crippen LogP contribution < -0.4 is 5.32 Å². The fourth-order valence-corrected chi connectivity index (χ4v) is 0.877. The molecule has 0 aliphatic heterocycles. The number of nitrogens with one attached hydrogen (secondary N) is 1. The lowest BCUT2D eigenvalue weighted by Gasteiger charge is -2.03. The van der Waals surface area contributed by atoms with Crippen LogP contribution in [0, 0.1) is 0 Å².